The number of alkyl halides is 1. The van der Waals surface area contributed by atoms with Crippen LogP contribution in [0.4, 0.5) is 0 Å². The van der Waals surface area contributed by atoms with E-state index >= 15 is 0 Å². The van der Waals surface area contributed by atoms with Crippen molar-refractivity contribution in [3.63, 3.8) is 0 Å². The SMILES string of the molecule is CNC(=O)C1CCN(C(=O)C23CC4CC(CC(Br)(C4)C2)C3)CC1. The molecule has 23 heavy (non-hydrogen) atoms. The van der Waals surface area contributed by atoms with E-state index < -0.39 is 0 Å². The zero-order valence-electron chi connectivity index (χ0n) is 13.9. The van der Waals surface area contributed by atoms with Gasteiger partial charge >= 0.3 is 0 Å². The monoisotopic (exact) mass is 382 g/mol. The van der Waals surface area contributed by atoms with Crippen molar-refractivity contribution in [2.45, 2.75) is 55.7 Å². The Bertz CT molecular complexity index is 513. The summed E-state index contributed by atoms with van der Waals surface area (Å²) in [6.07, 6.45) is 8.72. The molecule has 4 saturated carbocycles. The van der Waals surface area contributed by atoms with Gasteiger partial charge in [-0.05, 0) is 63.2 Å². The second kappa shape index (κ2) is 5.47. The molecule has 4 bridgehead atoms. The van der Waals surface area contributed by atoms with Crippen LogP contribution < -0.4 is 5.32 Å². The zero-order chi connectivity index (χ0) is 16.2. The molecule has 128 valence electrons. The van der Waals surface area contributed by atoms with E-state index in [1.165, 1.54) is 19.3 Å². The van der Waals surface area contributed by atoms with Crippen molar-refractivity contribution >= 4 is 27.7 Å². The van der Waals surface area contributed by atoms with Gasteiger partial charge in [0.2, 0.25) is 11.8 Å². The summed E-state index contributed by atoms with van der Waals surface area (Å²) in [6.45, 7) is 1.51. The number of rotatable bonds is 2. The van der Waals surface area contributed by atoms with Crippen LogP contribution in [0, 0.1) is 23.2 Å². The van der Waals surface area contributed by atoms with Gasteiger partial charge < -0.3 is 10.2 Å². The Balaban J connectivity index is 1.47. The minimum atomic E-state index is -0.104. The fraction of sp³-hybridized carbons (Fsp3) is 0.889. The van der Waals surface area contributed by atoms with Crippen LogP contribution in [0.3, 0.4) is 0 Å². The molecular weight excluding hydrogens is 356 g/mol. The van der Waals surface area contributed by atoms with E-state index in [1.54, 1.807) is 7.05 Å². The number of carbonyl (C=O) groups excluding carboxylic acids is 2. The maximum absolute atomic E-state index is 13.3. The van der Waals surface area contributed by atoms with Gasteiger partial charge in [-0.25, -0.2) is 0 Å². The Morgan fingerprint density at radius 1 is 1.09 bits per heavy atom. The largest absolute Gasteiger partial charge is 0.359 e. The van der Waals surface area contributed by atoms with Crippen LogP contribution in [-0.2, 0) is 9.59 Å². The van der Waals surface area contributed by atoms with Crippen molar-refractivity contribution < 1.29 is 9.59 Å². The Hall–Kier alpha value is -0.580. The first-order valence-electron chi connectivity index (χ1n) is 9.13. The van der Waals surface area contributed by atoms with Crippen LogP contribution in [0.1, 0.15) is 51.4 Å². The van der Waals surface area contributed by atoms with Crippen LogP contribution in [0.5, 0.6) is 0 Å². The van der Waals surface area contributed by atoms with E-state index in [9.17, 15) is 9.59 Å². The number of nitrogens with one attached hydrogen (secondary N) is 1. The molecule has 1 aliphatic heterocycles. The van der Waals surface area contributed by atoms with Crippen molar-refractivity contribution in [2.75, 3.05) is 20.1 Å². The second-order valence-corrected chi connectivity index (χ2v) is 10.3. The Labute approximate surface area is 146 Å². The van der Waals surface area contributed by atoms with Crippen LogP contribution in [0.15, 0.2) is 0 Å². The molecule has 0 radical (unpaired) electrons. The quantitative estimate of drug-likeness (QED) is 0.746. The second-order valence-electron chi connectivity index (χ2n) is 8.57. The number of carbonyl (C=O) groups is 2. The fourth-order valence-electron chi connectivity index (χ4n) is 6.29. The van der Waals surface area contributed by atoms with E-state index in [0.29, 0.717) is 5.91 Å². The number of nitrogens with zero attached hydrogens (tertiary/aromatic N) is 1. The third kappa shape index (κ3) is 2.63. The van der Waals surface area contributed by atoms with E-state index in [0.717, 1.165) is 57.0 Å². The van der Waals surface area contributed by atoms with Crippen molar-refractivity contribution in [2.24, 2.45) is 23.2 Å². The molecule has 1 N–H and O–H groups in total. The summed E-state index contributed by atoms with van der Waals surface area (Å²) < 4.78 is 0.229. The third-order valence-electron chi connectivity index (χ3n) is 6.84. The molecular formula is C18H27BrN2O2. The van der Waals surface area contributed by atoms with E-state index in [-0.39, 0.29) is 21.6 Å². The maximum Gasteiger partial charge on any atom is 0.228 e. The molecule has 0 aromatic carbocycles. The van der Waals surface area contributed by atoms with Gasteiger partial charge in [-0.3, -0.25) is 9.59 Å². The van der Waals surface area contributed by atoms with Gasteiger partial charge in [0.1, 0.15) is 0 Å². The molecule has 0 aromatic rings. The van der Waals surface area contributed by atoms with Gasteiger partial charge in [0.15, 0.2) is 0 Å². The van der Waals surface area contributed by atoms with Crippen LogP contribution in [0.25, 0.3) is 0 Å². The highest BCUT2D eigenvalue weighted by atomic mass is 79.9. The summed E-state index contributed by atoms with van der Waals surface area (Å²) in [5, 5.41) is 2.74. The topological polar surface area (TPSA) is 49.4 Å². The molecule has 2 atom stereocenters. The lowest BCUT2D eigenvalue weighted by molar-refractivity contribution is -0.157. The fourth-order valence-corrected chi connectivity index (χ4v) is 7.74. The third-order valence-corrected chi connectivity index (χ3v) is 7.77. The van der Waals surface area contributed by atoms with Crippen LogP contribution >= 0.6 is 15.9 Å². The lowest BCUT2D eigenvalue weighted by atomic mass is 9.49. The zero-order valence-corrected chi connectivity index (χ0v) is 15.5. The Morgan fingerprint density at radius 3 is 2.22 bits per heavy atom. The highest BCUT2D eigenvalue weighted by molar-refractivity contribution is 9.10. The summed E-state index contributed by atoms with van der Waals surface area (Å²) in [4.78, 5) is 27.2. The Morgan fingerprint density at radius 2 is 1.70 bits per heavy atom. The minimum Gasteiger partial charge on any atom is -0.359 e. The molecule has 5 aliphatic rings. The highest BCUT2D eigenvalue weighted by Gasteiger charge is 2.60. The number of halogens is 1. The first kappa shape index (κ1) is 15.9. The number of hydrogen-bond donors (Lipinski definition) is 1. The standard InChI is InChI=1S/C18H27BrN2O2/c1-20-15(22)14-2-4-21(5-3-14)16(23)17-7-12-6-13(8-17)10-18(19,9-12)11-17/h12-14H,2-11H2,1H3,(H,20,22). The van der Waals surface area contributed by atoms with Crippen LogP contribution in [0.2, 0.25) is 0 Å². The molecule has 0 aromatic heterocycles. The number of piperidine rings is 1. The predicted molar refractivity (Wildman–Crippen MR) is 92.1 cm³/mol. The van der Waals surface area contributed by atoms with Gasteiger partial charge in [-0.2, -0.15) is 0 Å². The summed E-state index contributed by atoms with van der Waals surface area (Å²) in [5.74, 6) is 2.09. The molecule has 5 fully saturated rings. The molecule has 2 unspecified atom stereocenters. The first-order chi connectivity index (χ1) is 10.9. The highest BCUT2D eigenvalue weighted by Crippen LogP contribution is 2.64. The molecule has 5 rings (SSSR count). The summed E-state index contributed by atoms with van der Waals surface area (Å²) in [5.41, 5.74) is -0.104. The molecule has 0 spiro atoms. The maximum atomic E-state index is 13.3. The smallest absolute Gasteiger partial charge is 0.228 e. The van der Waals surface area contributed by atoms with E-state index in [1.807, 2.05) is 0 Å². The number of amides is 2. The molecule has 1 heterocycles. The van der Waals surface area contributed by atoms with Gasteiger partial charge in [-0.1, -0.05) is 15.9 Å². The molecule has 4 nitrogen and oxygen atoms in total. The normalized spacial score (nSPS) is 42.8. The average molecular weight is 383 g/mol. The van der Waals surface area contributed by atoms with Crippen molar-refractivity contribution in [3.8, 4) is 0 Å². The summed E-state index contributed by atoms with van der Waals surface area (Å²) in [6, 6.07) is 0. The summed E-state index contributed by atoms with van der Waals surface area (Å²) in [7, 11) is 1.70. The predicted octanol–water partition coefficient (Wildman–Crippen LogP) is 2.70. The van der Waals surface area contributed by atoms with E-state index in [4.69, 9.17) is 0 Å². The van der Waals surface area contributed by atoms with Gasteiger partial charge in [0, 0.05) is 30.4 Å². The van der Waals surface area contributed by atoms with Gasteiger partial charge in [-0.15, -0.1) is 0 Å². The van der Waals surface area contributed by atoms with Crippen molar-refractivity contribution in [1.82, 2.24) is 10.2 Å². The lowest BCUT2D eigenvalue weighted by Gasteiger charge is -2.60. The molecule has 2 amide bonds. The Kier molecular flexibility index (Phi) is 3.78. The first-order valence-corrected chi connectivity index (χ1v) is 9.92. The van der Waals surface area contributed by atoms with Crippen LogP contribution in [-0.4, -0.2) is 41.2 Å². The lowest BCUT2D eigenvalue weighted by Crippen LogP contribution is -2.59. The van der Waals surface area contributed by atoms with E-state index in [2.05, 4.69) is 26.1 Å². The number of likely N-dealkylation sites (tertiary alicyclic amines) is 1. The average Bonchev–Trinajstić information content (AvgIpc) is 2.51. The van der Waals surface area contributed by atoms with Crippen molar-refractivity contribution in [1.29, 1.82) is 0 Å². The van der Waals surface area contributed by atoms with Gasteiger partial charge in [0.25, 0.3) is 0 Å². The van der Waals surface area contributed by atoms with Gasteiger partial charge in [0.05, 0.1) is 5.41 Å². The molecule has 4 aliphatic carbocycles. The van der Waals surface area contributed by atoms with Crippen molar-refractivity contribution in [3.05, 3.63) is 0 Å². The number of hydrogen-bond acceptors (Lipinski definition) is 2. The summed E-state index contributed by atoms with van der Waals surface area (Å²) >= 11 is 4.00. The minimum absolute atomic E-state index is 0.0860. The molecule has 5 heteroatoms. The molecule has 1 saturated heterocycles.